The minimum absolute atomic E-state index is 1.14. The van der Waals surface area contributed by atoms with Gasteiger partial charge in [0.2, 0.25) is 0 Å². The van der Waals surface area contributed by atoms with Crippen molar-refractivity contribution in [3.63, 3.8) is 0 Å². The van der Waals surface area contributed by atoms with E-state index in [9.17, 15) is 0 Å². The Bertz CT molecular complexity index is 524. The van der Waals surface area contributed by atoms with Crippen molar-refractivity contribution < 1.29 is 0 Å². The van der Waals surface area contributed by atoms with E-state index in [1.807, 2.05) is 24.4 Å². The third kappa shape index (κ3) is 2.55. The normalized spacial score (nSPS) is 10.6. The molecular weight excluding hydrogens is 230 g/mol. The quantitative estimate of drug-likeness (QED) is 0.676. The van der Waals surface area contributed by atoms with E-state index >= 15 is 0 Å². The summed E-state index contributed by atoms with van der Waals surface area (Å²) in [6.07, 6.45) is 3.71. The minimum Gasteiger partial charge on any atom is -0.264 e. The van der Waals surface area contributed by atoms with Crippen molar-refractivity contribution in [2.45, 2.75) is 0 Å². The molecule has 1 nitrogen and oxygen atoms in total. The Hall–Kier alpha value is -2.41. The average molecular weight is 244 g/mol. The lowest BCUT2D eigenvalue weighted by molar-refractivity contribution is 1.18. The second kappa shape index (κ2) is 5.49. The molecule has 0 aliphatic rings. The lowest BCUT2D eigenvalue weighted by Gasteiger charge is -2.17. The lowest BCUT2D eigenvalue weighted by atomic mass is 9.86. The predicted molar refractivity (Wildman–Crippen MR) is 77.7 cm³/mol. The molecule has 0 N–H and O–H groups in total. The maximum atomic E-state index is 4.24. The van der Waals surface area contributed by atoms with Crippen LogP contribution >= 0.6 is 0 Å². The van der Waals surface area contributed by atoms with Crippen molar-refractivity contribution in [3.05, 3.63) is 108 Å². The van der Waals surface area contributed by atoms with Crippen LogP contribution in [0.3, 0.4) is 0 Å². The Morgan fingerprint density at radius 3 is 1.58 bits per heavy atom. The van der Waals surface area contributed by atoms with E-state index in [0.717, 1.165) is 5.56 Å². The topological polar surface area (TPSA) is 12.9 Å². The fraction of sp³-hybridized carbons (Fsp3) is 0. The Morgan fingerprint density at radius 2 is 1.11 bits per heavy atom. The summed E-state index contributed by atoms with van der Waals surface area (Å²) in [5.41, 5.74) is 3.56. The third-order valence-electron chi connectivity index (χ3n) is 3.08. The van der Waals surface area contributed by atoms with E-state index in [4.69, 9.17) is 0 Å². The first-order valence-corrected chi connectivity index (χ1v) is 6.33. The molecule has 3 aromatic rings. The van der Waals surface area contributed by atoms with Crippen LogP contribution in [0.4, 0.5) is 0 Å². The lowest BCUT2D eigenvalue weighted by Crippen LogP contribution is -2.04. The standard InChI is InChI=1S/C18H14N/c1-3-8-15(9-4-1)18(16-10-5-2-6-11-16)17-12-7-13-19-14-17/h1-14H. The van der Waals surface area contributed by atoms with Gasteiger partial charge in [-0.25, -0.2) is 0 Å². The van der Waals surface area contributed by atoms with E-state index < -0.39 is 0 Å². The Morgan fingerprint density at radius 1 is 0.579 bits per heavy atom. The summed E-state index contributed by atoms with van der Waals surface area (Å²) in [4.78, 5) is 4.24. The zero-order valence-corrected chi connectivity index (χ0v) is 10.5. The van der Waals surface area contributed by atoms with Crippen LogP contribution in [-0.4, -0.2) is 4.98 Å². The number of pyridine rings is 1. The molecule has 0 aliphatic carbocycles. The number of hydrogen-bond donors (Lipinski definition) is 0. The van der Waals surface area contributed by atoms with Crippen LogP contribution in [0.5, 0.6) is 0 Å². The molecule has 2 aromatic carbocycles. The van der Waals surface area contributed by atoms with Crippen LogP contribution in [-0.2, 0) is 0 Å². The molecule has 19 heavy (non-hydrogen) atoms. The van der Waals surface area contributed by atoms with Gasteiger partial charge in [0.1, 0.15) is 0 Å². The van der Waals surface area contributed by atoms with Gasteiger partial charge < -0.3 is 0 Å². The fourth-order valence-corrected chi connectivity index (χ4v) is 2.22. The molecule has 0 unspecified atom stereocenters. The first-order chi connectivity index (χ1) is 9.45. The average Bonchev–Trinajstić information content (AvgIpc) is 2.51. The molecule has 1 heterocycles. The van der Waals surface area contributed by atoms with Gasteiger partial charge in [-0.1, -0.05) is 66.7 Å². The highest BCUT2D eigenvalue weighted by atomic mass is 14.6. The number of benzene rings is 2. The summed E-state index contributed by atoms with van der Waals surface area (Å²) in [6, 6.07) is 24.9. The number of aromatic nitrogens is 1. The number of hydrogen-bond acceptors (Lipinski definition) is 1. The number of nitrogens with zero attached hydrogens (tertiary/aromatic N) is 1. The molecule has 1 radical (unpaired) electrons. The Kier molecular flexibility index (Phi) is 3.37. The summed E-state index contributed by atoms with van der Waals surface area (Å²) in [7, 11) is 0. The number of rotatable bonds is 3. The first kappa shape index (κ1) is 11.7. The van der Waals surface area contributed by atoms with E-state index in [0.29, 0.717) is 0 Å². The summed E-state index contributed by atoms with van der Waals surface area (Å²) < 4.78 is 0. The molecular formula is C18H14N. The van der Waals surface area contributed by atoms with Crippen molar-refractivity contribution in [3.8, 4) is 0 Å². The van der Waals surface area contributed by atoms with Crippen LogP contribution in [0.15, 0.2) is 85.2 Å². The van der Waals surface area contributed by atoms with Gasteiger partial charge >= 0.3 is 0 Å². The maximum absolute atomic E-state index is 4.24. The molecule has 0 spiro atoms. The summed E-state index contributed by atoms with van der Waals surface area (Å²) in [5, 5.41) is 0. The van der Waals surface area contributed by atoms with Crippen LogP contribution in [0.1, 0.15) is 16.7 Å². The summed E-state index contributed by atoms with van der Waals surface area (Å²) in [5.74, 6) is 1.22. The molecule has 1 aromatic heterocycles. The molecule has 1 heteroatoms. The highest BCUT2D eigenvalue weighted by Gasteiger charge is 2.16. The molecule has 0 saturated carbocycles. The molecule has 3 rings (SSSR count). The van der Waals surface area contributed by atoms with Crippen LogP contribution in [0.25, 0.3) is 0 Å². The van der Waals surface area contributed by atoms with Crippen molar-refractivity contribution in [1.82, 2.24) is 4.98 Å². The third-order valence-corrected chi connectivity index (χ3v) is 3.08. The van der Waals surface area contributed by atoms with Gasteiger partial charge in [-0.3, -0.25) is 4.98 Å². The van der Waals surface area contributed by atoms with Crippen LogP contribution in [0, 0.1) is 5.92 Å². The van der Waals surface area contributed by atoms with Gasteiger partial charge in [0.05, 0.1) is 5.92 Å². The second-order valence-corrected chi connectivity index (χ2v) is 4.35. The summed E-state index contributed by atoms with van der Waals surface area (Å²) in [6.45, 7) is 0. The highest BCUT2D eigenvalue weighted by Crippen LogP contribution is 2.29. The largest absolute Gasteiger partial charge is 0.264 e. The molecule has 0 amide bonds. The van der Waals surface area contributed by atoms with Crippen molar-refractivity contribution in [2.24, 2.45) is 0 Å². The van der Waals surface area contributed by atoms with Crippen molar-refractivity contribution in [1.29, 1.82) is 0 Å². The molecule has 0 fully saturated rings. The van der Waals surface area contributed by atoms with Crippen LogP contribution in [0.2, 0.25) is 0 Å². The smallest absolute Gasteiger partial charge is 0.0644 e. The van der Waals surface area contributed by atoms with Gasteiger partial charge in [-0.05, 0) is 22.8 Å². The highest BCUT2D eigenvalue weighted by molar-refractivity contribution is 5.56. The van der Waals surface area contributed by atoms with Crippen LogP contribution < -0.4 is 0 Å². The minimum atomic E-state index is 1.14. The van der Waals surface area contributed by atoms with Gasteiger partial charge in [0.25, 0.3) is 0 Å². The van der Waals surface area contributed by atoms with Gasteiger partial charge in [-0.15, -0.1) is 0 Å². The Balaban J connectivity index is 2.12. The fourth-order valence-electron chi connectivity index (χ4n) is 2.22. The van der Waals surface area contributed by atoms with E-state index in [-0.39, 0.29) is 0 Å². The van der Waals surface area contributed by atoms with E-state index in [1.54, 1.807) is 6.20 Å². The van der Waals surface area contributed by atoms with E-state index in [2.05, 4.69) is 59.6 Å². The monoisotopic (exact) mass is 244 g/mol. The molecule has 0 saturated heterocycles. The second-order valence-electron chi connectivity index (χ2n) is 4.35. The van der Waals surface area contributed by atoms with E-state index in [1.165, 1.54) is 17.0 Å². The predicted octanol–water partition coefficient (Wildman–Crippen LogP) is 4.10. The Labute approximate surface area is 113 Å². The van der Waals surface area contributed by atoms with Crippen molar-refractivity contribution >= 4 is 0 Å². The maximum Gasteiger partial charge on any atom is 0.0644 e. The molecule has 0 atom stereocenters. The van der Waals surface area contributed by atoms with Gasteiger partial charge in [-0.2, -0.15) is 0 Å². The zero-order valence-electron chi connectivity index (χ0n) is 10.5. The SMILES string of the molecule is c1ccc([C](c2ccccc2)c2cccnc2)cc1. The molecule has 0 bridgehead atoms. The van der Waals surface area contributed by atoms with Crippen molar-refractivity contribution in [2.75, 3.05) is 0 Å². The van der Waals surface area contributed by atoms with Gasteiger partial charge in [0.15, 0.2) is 0 Å². The van der Waals surface area contributed by atoms with Gasteiger partial charge in [0, 0.05) is 12.4 Å². The molecule has 91 valence electrons. The first-order valence-electron chi connectivity index (χ1n) is 6.33. The molecule has 0 aliphatic heterocycles. The zero-order chi connectivity index (χ0) is 12.9. The summed E-state index contributed by atoms with van der Waals surface area (Å²) >= 11 is 0.